The Kier molecular flexibility index (Phi) is 4.67. The minimum absolute atomic E-state index is 0.0751. The number of amides is 1. The molecule has 0 aromatic heterocycles. The van der Waals surface area contributed by atoms with Gasteiger partial charge in [0.05, 0.1) is 24.0 Å². The standard InChI is InChI=1S/C15H21N3O3/c1-11(19)17-7-4-8-18(10-9-17)14-12(15(20)21-2)5-3-6-13(14)16/h3,5-6H,4,7-10,16H2,1-2H3. The number of ether oxygens (including phenoxy) is 1. The number of methoxy groups -OCH3 is 1. The first-order valence-corrected chi connectivity index (χ1v) is 7.02. The highest BCUT2D eigenvalue weighted by atomic mass is 16.5. The van der Waals surface area contributed by atoms with Gasteiger partial charge in [0.15, 0.2) is 0 Å². The number of carbonyl (C=O) groups excluding carboxylic acids is 2. The zero-order valence-corrected chi connectivity index (χ0v) is 12.5. The predicted molar refractivity (Wildman–Crippen MR) is 81.3 cm³/mol. The molecule has 0 atom stereocenters. The van der Waals surface area contributed by atoms with Gasteiger partial charge in [0.25, 0.3) is 0 Å². The Balaban J connectivity index is 2.29. The van der Waals surface area contributed by atoms with Crippen molar-refractivity contribution in [2.24, 2.45) is 0 Å². The van der Waals surface area contributed by atoms with E-state index in [2.05, 4.69) is 4.90 Å². The van der Waals surface area contributed by atoms with Crippen molar-refractivity contribution in [3.63, 3.8) is 0 Å². The van der Waals surface area contributed by atoms with E-state index in [4.69, 9.17) is 10.5 Å². The molecule has 1 aromatic rings. The topological polar surface area (TPSA) is 75.9 Å². The molecule has 1 aliphatic rings. The van der Waals surface area contributed by atoms with E-state index < -0.39 is 5.97 Å². The van der Waals surface area contributed by atoms with Crippen LogP contribution in [0.25, 0.3) is 0 Å². The third kappa shape index (κ3) is 3.26. The van der Waals surface area contributed by atoms with E-state index in [-0.39, 0.29) is 5.91 Å². The average Bonchev–Trinajstić information content (AvgIpc) is 2.72. The molecule has 114 valence electrons. The Labute approximate surface area is 124 Å². The van der Waals surface area contributed by atoms with E-state index >= 15 is 0 Å². The molecule has 6 heteroatoms. The fourth-order valence-electron chi connectivity index (χ4n) is 2.64. The van der Waals surface area contributed by atoms with Crippen molar-refractivity contribution in [1.82, 2.24) is 4.90 Å². The van der Waals surface area contributed by atoms with Crippen LogP contribution in [0.3, 0.4) is 0 Å². The summed E-state index contributed by atoms with van der Waals surface area (Å²) in [5.74, 6) is -0.323. The highest BCUT2D eigenvalue weighted by molar-refractivity contribution is 5.99. The lowest BCUT2D eigenvalue weighted by Crippen LogP contribution is -2.34. The third-order valence-corrected chi connectivity index (χ3v) is 3.73. The average molecular weight is 291 g/mol. The summed E-state index contributed by atoms with van der Waals surface area (Å²) in [4.78, 5) is 27.3. The molecule has 0 saturated carbocycles. The Hall–Kier alpha value is -2.24. The van der Waals surface area contributed by atoms with E-state index in [1.165, 1.54) is 7.11 Å². The van der Waals surface area contributed by atoms with E-state index in [9.17, 15) is 9.59 Å². The summed E-state index contributed by atoms with van der Waals surface area (Å²) in [7, 11) is 1.36. The SMILES string of the molecule is COC(=O)c1cccc(N)c1N1CCCN(C(C)=O)CC1. The molecule has 0 bridgehead atoms. The summed E-state index contributed by atoms with van der Waals surface area (Å²) >= 11 is 0. The molecule has 0 radical (unpaired) electrons. The molecule has 2 N–H and O–H groups in total. The smallest absolute Gasteiger partial charge is 0.340 e. The number of nitrogens with two attached hydrogens (primary N) is 1. The highest BCUT2D eigenvalue weighted by Gasteiger charge is 2.23. The summed E-state index contributed by atoms with van der Waals surface area (Å²) < 4.78 is 4.83. The lowest BCUT2D eigenvalue weighted by Gasteiger charge is -2.26. The van der Waals surface area contributed by atoms with Crippen LogP contribution in [-0.4, -0.2) is 50.1 Å². The normalized spacial score (nSPS) is 15.5. The molecule has 0 unspecified atom stereocenters. The van der Waals surface area contributed by atoms with E-state index in [0.29, 0.717) is 30.0 Å². The van der Waals surface area contributed by atoms with Crippen LogP contribution in [0.2, 0.25) is 0 Å². The van der Waals surface area contributed by atoms with Crippen molar-refractivity contribution >= 4 is 23.3 Å². The number of carbonyl (C=O) groups is 2. The molecule has 0 spiro atoms. The number of nitrogen functional groups attached to an aromatic ring is 1. The summed E-state index contributed by atoms with van der Waals surface area (Å²) in [5, 5.41) is 0. The van der Waals surface area contributed by atoms with Gasteiger partial charge in [-0.3, -0.25) is 4.79 Å². The number of hydrogen-bond acceptors (Lipinski definition) is 5. The van der Waals surface area contributed by atoms with Crippen molar-refractivity contribution in [3.05, 3.63) is 23.8 Å². The van der Waals surface area contributed by atoms with E-state index in [1.807, 2.05) is 4.90 Å². The van der Waals surface area contributed by atoms with Gasteiger partial charge in [0, 0.05) is 33.1 Å². The van der Waals surface area contributed by atoms with Crippen molar-refractivity contribution < 1.29 is 14.3 Å². The fraction of sp³-hybridized carbons (Fsp3) is 0.467. The van der Waals surface area contributed by atoms with Gasteiger partial charge >= 0.3 is 5.97 Å². The van der Waals surface area contributed by atoms with E-state index in [1.54, 1.807) is 25.1 Å². The molecule has 0 aliphatic carbocycles. The monoisotopic (exact) mass is 291 g/mol. The van der Waals surface area contributed by atoms with Gasteiger partial charge < -0.3 is 20.3 Å². The molecule has 1 aliphatic heterocycles. The van der Waals surface area contributed by atoms with Crippen LogP contribution in [0.1, 0.15) is 23.7 Å². The molecule has 1 heterocycles. The maximum atomic E-state index is 11.9. The van der Waals surface area contributed by atoms with Gasteiger partial charge in [-0.05, 0) is 18.6 Å². The van der Waals surface area contributed by atoms with Gasteiger partial charge in [-0.1, -0.05) is 6.07 Å². The zero-order chi connectivity index (χ0) is 15.4. The first-order valence-electron chi connectivity index (χ1n) is 7.02. The third-order valence-electron chi connectivity index (χ3n) is 3.73. The largest absolute Gasteiger partial charge is 0.465 e. The van der Waals surface area contributed by atoms with Crippen LogP contribution in [0.5, 0.6) is 0 Å². The highest BCUT2D eigenvalue weighted by Crippen LogP contribution is 2.29. The molecular weight excluding hydrogens is 270 g/mol. The molecule has 21 heavy (non-hydrogen) atoms. The predicted octanol–water partition coefficient (Wildman–Crippen LogP) is 1.11. The molecular formula is C15H21N3O3. The van der Waals surface area contributed by atoms with Gasteiger partial charge in [-0.15, -0.1) is 0 Å². The van der Waals surface area contributed by atoms with Crippen LogP contribution in [-0.2, 0) is 9.53 Å². The molecule has 1 amide bonds. The second kappa shape index (κ2) is 6.47. The molecule has 1 aromatic carbocycles. The van der Waals surface area contributed by atoms with Gasteiger partial charge in [0.1, 0.15) is 0 Å². The number of benzene rings is 1. The van der Waals surface area contributed by atoms with Crippen molar-refractivity contribution in [3.8, 4) is 0 Å². The van der Waals surface area contributed by atoms with Crippen LogP contribution < -0.4 is 10.6 Å². The van der Waals surface area contributed by atoms with Gasteiger partial charge in [0.2, 0.25) is 5.91 Å². The number of para-hydroxylation sites is 1. The maximum absolute atomic E-state index is 11.9. The number of rotatable bonds is 2. The van der Waals surface area contributed by atoms with Crippen LogP contribution in [0.4, 0.5) is 11.4 Å². The van der Waals surface area contributed by atoms with E-state index in [0.717, 1.165) is 19.5 Å². The van der Waals surface area contributed by atoms with Crippen LogP contribution in [0.15, 0.2) is 18.2 Å². The first kappa shape index (κ1) is 15.2. The Morgan fingerprint density at radius 3 is 2.62 bits per heavy atom. The Morgan fingerprint density at radius 2 is 1.95 bits per heavy atom. The Morgan fingerprint density at radius 1 is 1.19 bits per heavy atom. The minimum atomic E-state index is -0.398. The Bertz CT molecular complexity index is 545. The second-order valence-electron chi connectivity index (χ2n) is 5.08. The number of anilines is 2. The second-order valence-corrected chi connectivity index (χ2v) is 5.08. The summed E-state index contributed by atoms with van der Waals surface area (Å²) in [6, 6.07) is 5.23. The number of hydrogen-bond donors (Lipinski definition) is 1. The van der Waals surface area contributed by atoms with Crippen molar-refractivity contribution in [1.29, 1.82) is 0 Å². The summed E-state index contributed by atoms with van der Waals surface area (Å²) in [6.45, 7) is 4.34. The maximum Gasteiger partial charge on any atom is 0.340 e. The number of esters is 1. The number of nitrogens with zero attached hydrogens (tertiary/aromatic N) is 2. The van der Waals surface area contributed by atoms with Gasteiger partial charge in [-0.2, -0.15) is 0 Å². The van der Waals surface area contributed by atoms with Crippen molar-refractivity contribution in [2.45, 2.75) is 13.3 Å². The molecule has 1 saturated heterocycles. The van der Waals surface area contributed by atoms with Crippen LogP contribution in [0, 0.1) is 0 Å². The quantitative estimate of drug-likeness (QED) is 0.652. The molecule has 2 rings (SSSR count). The van der Waals surface area contributed by atoms with Crippen LogP contribution >= 0.6 is 0 Å². The summed E-state index contributed by atoms with van der Waals surface area (Å²) in [5.41, 5.74) is 7.78. The molecule has 6 nitrogen and oxygen atoms in total. The summed E-state index contributed by atoms with van der Waals surface area (Å²) in [6.07, 6.45) is 0.842. The fourth-order valence-corrected chi connectivity index (χ4v) is 2.64. The first-order chi connectivity index (χ1) is 10.0. The zero-order valence-electron chi connectivity index (χ0n) is 12.5. The van der Waals surface area contributed by atoms with Gasteiger partial charge in [-0.25, -0.2) is 4.79 Å². The lowest BCUT2D eigenvalue weighted by atomic mass is 10.1. The molecule has 1 fully saturated rings. The lowest BCUT2D eigenvalue weighted by molar-refractivity contribution is -0.128. The van der Waals surface area contributed by atoms with Crippen molar-refractivity contribution in [2.75, 3.05) is 43.9 Å². The minimum Gasteiger partial charge on any atom is -0.465 e.